The van der Waals surface area contributed by atoms with Gasteiger partial charge in [0.25, 0.3) is 5.91 Å². The molecule has 2 aromatic rings. The molecular weight excluding hydrogens is 258 g/mol. The molecule has 104 valence electrons. The number of benzene rings is 1. The van der Waals surface area contributed by atoms with E-state index in [9.17, 15) is 9.59 Å². The van der Waals surface area contributed by atoms with E-state index >= 15 is 0 Å². The van der Waals surface area contributed by atoms with Crippen LogP contribution in [-0.2, 0) is 0 Å². The number of aryl methyl sites for hydroxylation is 2. The monoisotopic (exact) mass is 273 g/mol. The predicted octanol–water partition coefficient (Wildman–Crippen LogP) is 3.16. The summed E-state index contributed by atoms with van der Waals surface area (Å²) in [7, 11) is 0. The van der Waals surface area contributed by atoms with E-state index < -0.39 is 11.9 Å². The van der Waals surface area contributed by atoms with Crippen LogP contribution in [0.5, 0.6) is 0 Å². The van der Waals surface area contributed by atoms with Gasteiger partial charge in [-0.25, -0.2) is 4.79 Å². The van der Waals surface area contributed by atoms with E-state index in [0.29, 0.717) is 11.3 Å². The van der Waals surface area contributed by atoms with Gasteiger partial charge in [0, 0.05) is 11.3 Å². The molecule has 1 aromatic carbocycles. The van der Waals surface area contributed by atoms with Crippen molar-refractivity contribution in [3.63, 3.8) is 0 Å². The van der Waals surface area contributed by atoms with Gasteiger partial charge in [0.05, 0.1) is 11.8 Å². The van der Waals surface area contributed by atoms with Gasteiger partial charge in [-0.2, -0.15) is 0 Å². The molecule has 0 unspecified atom stereocenters. The average molecular weight is 273 g/mol. The molecular formula is C15H15NO4. The van der Waals surface area contributed by atoms with Crippen LogP contribution in [0.15, 0.2) is 28.9 Å². The molecule has 0 bridgehead atoms. The SMILES string of the molecule is Cc1ccoc1C(=O)Nc1cc(C)c(C)c(C(=O)O)c1. The van der Waals surface area contributed by atoms with Gasteiger partial charge in [-0.3, -0.25) is 4.79 Å². The van der Waals surface area contributed by atoms with E-state index in [0.717, 1.165) is 11.1 Å². The summed E-state index contributed by atoms with van der Waals surface area (Å²) in [6.45, 7) is 5.30. The molecule has 5 heteroatoms. The number of hydrogen-bond donors (Lipinski definition) is 2. The summed E-state index contributed by atoms with van der Waals surface area (Å²) >= 11 is 0. The van der Waals surface area contributed by atoms with Crippen LogP contribution in [0.3, 0.4) is 0 Å². The van der Waals surface area contributed by atoms with Crippen LogP contribution in [-0.4, -0.2) is 17.0 Å². The maximum atomic E-state index is 12.0. The van der Waals surface area contributed by atoms with E-state index in [2.05, 4.69) is 5.32 Å². The Morgan fingerprint density at radius 3 is 2.40 bits per heavy atom. The number of aromatic carboxylic acids is 1. The molecule has 1 amide bonds. The third-order valence-electron chi connectivity index (χ3n) is 3.22. The number of amides is 1. The highest BCUT2D eigenvalue weighted by atomic mass is 16.4. The van der Waals surface area contributed by atoms with Gasteiger partial charge < -0.3 is 14.8 Å². The Balaban J connectivity index is 2.33. The number of carbonyl (C=O) groups is 2. The molecule has 20 heavy (non-hydrogen) atoms. The van der Waals surface area contributed by atoms with Crippen LogP contribution in [0, 0.1) is 20.8 Å². The third kappa shape index (κ3) is 2.56. The summed E-state index contributed by atoms with van der Waals surface area (Å²) in [6.07, 6.45) is 1.44. The van der Waals surface area contributed by atoms with Crippen molar-refractivity contribution in [3.05, 3.63) is 52.5 Å². The highest BCUT2D eigenvalue weighted by Crippen LogP contribution is 2.21. The maximum absolute atomic E-state index is 12.0. The Morgan fingerprint density at radius 1 is 1.15 bits per heavy atom. The maximum Gasteiger partial charge on any atom is 0.336 e. The van der Waals surface area contributed by atoms with Crippen LogP contribution in [0.1, 0.15) is 37.6 Å². The van der Waals surface area contributed by atoms with Crippen molar-refractivity contribution in [2.75, 3.05) is 5.32 Å². The van der Waals surface area contributed by atoms with Crippen LogP contribution < -0.4 is 5.32 Å². The number of furan rings is 1. The van der Waals surface area contributed by atoms with Crippen LogP contribution in [0.25, 0.3) is 0 Å². The number of nitrogens with one attached hydrogen (secondary N) is 1. The lowest BCUT2D eigenvalue weighted by atomic mass is 10.0. The number of carboxylic acid groups (broad SMARTS) is 1. The lowest BCUT2D eigenvalue weighted by molar-refractivity contribution is 0.0695. The van der Waals surface area contributed by atoms with Crippen molar-refractivity contribution in [2.45, 2.75) is 20.8 Å². The van der Waals surface area contributed by atoms with Gasteiger partial charge in [0.15, 0.2) is 5.76 Å². The smallest absolute Gasteiger partial charge is 0.336 e. The van der Waals surface area contributed by atoms with Crippen molar-refractivity contribution in [1.82, 2.24) is 0 Å². The Labute approximate surface area is 116 Å². The molecule has 0 fully saturated rings. The zero-order valence-electron chi connectivity index (χ0n) is 11.5. The molecule has 0 atom stereocenters. The molecule has 0 radical (unpaired) electrons. The minimum absolute atomic E-state index is 0.177. The first-order valence-electron chi connectivity index (χ1n) is 6.10. The fourth-order valence-electron chi connectivity index (χ4n) is 1.95. The molecule has 0 saturated carbocycles. The predicted molar refractivity (Wildman–Crippen MR) is 74.3 cm³/mol. The number of rotatable bonds is 3. The molecule has 0 aliphatic heterocycles. The minimum Gasteiger partial charge on any atom is -0.478 e. The minimum atomic E-state index is -1.02. The fraction of sp³-hybridized carbons (Fsp3) is 0.200. The quantitative estimate of drug-likeness (QED) is 0.900. The zero-order chi connectivity index (χ0) is 14.9. The van der Waals surface area contributed by atoms with Crippen molar-refractivity contribution in [2.24, 2.45) is 0 Å². The molecule has 0 saturated heterocycles. The summed E-state index contributed by atoms with van der Waals surface area (Å²) in [5, 5.41) is 11.8. The Bertz CT molecular complexity index is 685. The summed E-state index contributed by atoms with van der Waals surface area (Å²) in [5.41, 5.74) is 2.83. The second-order valence-corrected chi connectivity index (χ2v) is 4.66. The molecule has 0 aliphatic carbocycles. The molecule has 0 spiro atoms. The van der Waals surface area contributed by atoms with Gasteiger partial charge in [-0.1, -0.05) is 0 Å². The van der Waals surface area contributed by atoms with Crippen molar-refractivity contribution < 1.29 is 19.1 Å². The van der Waals surface area contributed by atoms with E-state index in [-0.39, 0.29) is 11.3 Å². The second-order valence-electron chi connectivity index (χ2n) is 4.66. The lowest BCUT2D eigenvalue weighted by Gasteiger charge is -2.10. The van der Waals surface area contributed by atoms with Crippen molar-refractivity contribution in [3.8, 4) is 0 Å². The van der Waals surface area contributed by atoms with Crippen LogP contribution >= 0.6 is 0 Å². The van der Waals surface area contributed by atoms with E-state index in [1.165, 1.54) is 12.3 Å². The van der Waals surface area contributed by atoms with Gasteiger partial charge in [-0.05, 0) is 50.1 Å². The number of anilines is 1. The van der Waals surface area contributed by atoms with E-state index in [4.69, 9.17) is 9.52 Å². The highest BCUT2D eigenvalue weighted by molar-refractivity contribution is 6.04. The van der Waals surface area contributed by atoms with E-state index in [1.54, 1.807) is 32.9 Å². The van der Waals surface area contributed by atoms with Gasteiger partial charge >= 0.3 is 5.97 Å². The number of carboxylic acids is 1. The molecule has 2 N–H and O–H groups in total. The van der Waals surface area contributed by atoms with Gasteiger partial charge in [-0.15, -0.1) is 0 Å². The van der Waals surface area contributed by atoms with Gasteiger partial charge in [0.2, 0.25) is 0 Å². The molecule has 1 heterocycles. The third-order valence-corrected chi connectivity index (χ3v) is 3.22. The van der Waals surface area contributed by atoms with Gasteiger partial charge in [0.1, 0.15) is 0 Å². The second kappa shape index (κ2) is 5.21. The van der Waals surface area contributed by atoms with Crippen molar-refractivity contribution in [1.29, 1.82) is 0 Å². The first-order chi connectivity index (χ1) is 9.40. The topological polar surface area (TPSA) is 79.5 Å². The Kier molecular flexibility index (Phi) is 3.61. The molecule has 0 aliphatic rings. The molecule has 5 nitrogen and oxygen atoms in total. The largest absolute Gasteiger partial charge is 0.478 e. The lowest BCUT2D eigenvalue weighted by Crippen LogP contribution is -2.13. The number of carbonyl (C=O) groups excluding carboxylic acids is 1. The Morgan fingerprint density at radius 2 is 1.85 bits per heavy atom. The van der Waals surface area contributed by atoms with E-state index in [1.807, 2.05) is 0 Å². The molecule has 2 rings (SSSR count). The molecule has 1 aromatic heterocycles. The first-order valence-corrected chi connectivity index (χ1v) is 6.10. The number of hydrogen-bond acceptors (Lipinski definition) is 3. The fourth-order valence-corrected chi connectivity index (χ4v) is 1.95. The summed E-state index contributed by atoms with van der Waals surface area (Å²) in [4.78, 5) is 23.2. The van der Waals surface area contributed by atoms with Crippen molar-refractivity contribution >= 4 is 17.6 Å². The average Bonchev–Trinajstić information content (AvgIpc) is 2.79. The first kappa shape index (κ1) is 13.9. The Hall–Kier alpha value is -2.56. The van der Waals surface area contributed by atoms with Crippen LogP contribution in [0.4, 0.5) is 5.69 Å². The normalized spacial score (nSPS) is 10.3. The summed E-state index contributed by atoms with van der Waals surface area (Å²) in [5.74, 6) is -1.19. The summed E-state index contributed by atoms with van der Waals surface area (Å²) in [6, 6.07) is 4.87. The van der Waals surface area contributed by atoms with Crippen LogP contribution in [0.2, 0.25) is 0 Å². The zero-order valence-corrected chi connectivity index (χ0v) is 11.5. The summed E-state index contributed by atoms with van der Waals surface area (Å²) < 4.78 is 5.10. The highest BCUT2D eigenvalue weighted by Gasteiger charge is 2.15. The standard InChI is InChI=1S/C15H15NO4/c1-8-4-5-20-13(8)14(17)16-11-6-9(2)10(3)12(7-11)15(18)19/h4-7H,1-3H3,(H,16,17)(H,18,19).